The smallest absolute Gasteiger partial charge is 0.238 e. The Kier molecular flexibility index (Phi) is 7.65. The van der Waals surface area contributed by atoms with Gasteiger partial charge in [0.2, 0.25) is 5.91 Å². The van der Waals surface area contributed by atoms with Crippen LogP contribution in [0.2, 0.25) is 0 Å². The number of hydrogen-bond acceptors (Lipinski definition) is 4. The summed E-state index contributed by atoms with van der Waals surface area (Å²) in [5.41, 5.74) is 6.45. The number of carbonyl (C=O) groups is 1. The van der Waals surface area contributed by atoms with Crippen LogP contribution in [-0.4, -0.2) is 43.1 Å². The first-order chi connectivity index (χ1) is 10.1. The highest BCUT2D eigenvalue weighted by Crippen LogP contribution is 2.25. The van der Waals surface area contributed by atoms with Crippen molar-refractivity contribution in [1.29, 1.82) is 0 Å². The van der Waals surface area contributed by atoms with Gasteiger partial charge in [0.15, 0.2) is 0 Å². The fourth-order valence-electron chi connectivity index (χ4n) is 2.83. The topological polar surface area (TPSA) is 67.6 Å². The summed E-state index contributed by atoms with van der Waals surface area (Å²) in [6.45, 7) is 6.65. The molecule has 1 heterocycles. The van der Waals surface area contributed by atoms with Crippen LogP contribution in [0.5, 0.6) is 5.75 Å². The summed E-state index contributed by atoms with van der Waals surface area (Å²) in [6, 6.07) is 7.92. The molecule has 2 unspecified atom stereocenters. The van der Waals surface area contributed by atoms with E-state index in [2.05, 4.69) is 17.1 Å². The summed E-state index contributed by atoms with van der Waals surface area (Å²) in [5, 5.41) is 2.94. The summed E-state index contributed by atoms with van der Waals surface area (Å²) < 4.78 is 5.52. The molecular weight excluding hydrogens is 302 g/mol. The molecule has 0 aromatic heterocycles. The van der Waals surface area contributed by atoms with E-state index in [1.165, 1.54) is 0 Å². The number of benzene rings is 1. The predicted octanol–water partition coefficient (Wildman–Crippen LogP) is 2.11. The minimum atomic E-state index is -0.00771. The lowest BCUT2D eigenvalue weighted by Gasteiger charge is -2.20. The van der Waals surface area contributed by atoms with Gasteiger partial charge >= 0.3 is 0 Å². The number of nitrogens with one attached hydrogen (secondary N) is 1. The molecule has 1 fully saturated rings. The lowest BCUT2D eigenvalue weighted by Crippen LogP contribution is -2.36. The van der Waals surface area contributed by atoms with Crippen molar-refractivity contribution in [3.63, 3.8) is 0 Å². The SMILES string of the molecule is CCOc1ccccc1NC(=O)CN1CC(CN)CC1C.Cl. The van der Waals surface area contributed by atoms with E-state index in [1.54, 1.807) is 0 Å². The Morgan fingerprint density at radius 3 is 2.82 bits per heavy atom. The third-order valence-electron chi connectivity index (χ3n) is 3.93. The molecule has 22 heavy (non-hydrogen) atoms. The van der Waals surface area contributed by atoms with Gasteiger partial charge in [-0.1, -0.05) is 12.1 Å². The number of likely N-dealkylation sites (tertiary alicyclic amines) is 1. The van der Waals surface area contributed by atoms with E-state index in [1.807, 2.05) is 31.2 Å². The van der Waals surface area contributed by atoms with Gasteiger partial charge in [-0.05, 0) is 44.9 Å². The number of amides is 1. The van der Waals surface area contributed by atoms with Gasteiger partial charge in [0.1, 0.15) is 5.75 Å². The van der Waals surface area contributed by atoms with Crippen molar-refractivity contribution in [3.05, 3.63) is 24.3 Å². The first-order valence-corrected chi connectivity index (χ1v) is 7.59. The molecule has 1 aromatic carbocycles. The summed E-state index contributed by atoms with van der Waals surface area (Å²) in [5.74, 6) is 1.21. The molecular formula is C16H26ClN3O2. The zero-order valence-corrected chi connectivity index (χ0v) is 14.1. The Bertz CT molecular complexity index is 484. The molecule has 6 heteroatoms. The molecule has 1 amide bonds. The molecule has 1 aliphatic rings. The molecule has 2 atom stereocenters. The minimum Gasteiger partial charge on any atom is -0.492 e. The summed E-state index contributed by atoms with van der Waals surface area (Å²) in [4.78, 5) is 14.4. The molecule has 1 aliphatic heterocycles. The van der Waals surface area contributed by atoms with Crippen molar-refractivity contribution in [3.8, 4) is 5.75 Å². The number of carbonyl (C=O) groups excluding carboxylic acids is 1. The van der Waals surface area contributed by atoms with Gasteiger partial charge in [-0.2, -0.15) is 0 Å². The highest BCUT2D eigenvalue weighted by molar-refractivity contribution is 5.93. The van der Waals surface area contributed by atoms with E-state index in [-0.39, 0.29) is 18.3 Å². The number of ether oxygens (including phenoxy) is 1. The van der Waals surface area contributed by atoms with Crippen molar-refractivity contribution < 1.29 is 9.53 Å². The quantitative estimate of drug-likeness (QED) is 0.839. The van der Waals surface area contributed by atoms with Crippen LogP contribution in [0.15, 0.2) is 24.3 Å². The van der Waals surface area contributed by atoms with E-state index in [4.69, 9.17) is 10.5 Å². The highest BCUT2D eigenvalue weighted by Gasteiger charge is 2.29. The maximum Gasteiger partial charge on any atom is 0.238 e. The molecule has 3 N–H and O–H groups in total. The average molecular weight is 328 g/mol. The lowest BCUT2D eigenvalue weighted by atomic mass is 10.1. The Morgan fingerprint density at radius 2 is 2.18 bits per heavy atom. The number of halogens is 1. The Balaban J connectivity index is 0.00000242. The molecule has 0 saturated carbocycles. The number of nitrogens with zero attached hydrogens (tertiary/aromatic N) is 1. The summed E-state index contributed by atoms with van der Waals surface area (Å²) in [6.07, 6.45) is 1.07. The van der Waals surface area contributed by atoms with E-state index in [9.17, 15) is 4.79 Å². The maximum atomic E-state index is 12.2. The number of anilines is 1. The minimum absolute atomic E-state index is 0. The van der Waals surface area contributed by atoms with Crippen molar-refractivity contribution in [2.45, 2.75) is 26.3 Å². The van der Waals surface area contributed by atoms with E-state index in [0.717, 1.165) is 18.7 Å². The largest absolute Gasteiger partial charge is 0.492 e. The lowest BCUT2D eigenvalue weighted by molar-refractivity contribution is -0.117. The Hall–Kier alpha value is -1.30. The first-order valence-electron chi connectivity index (χ1n) is 7.59. The van der Waals surface area contributed by atoms with Crippen LogP contribution in [0.1, 0.15) is 20.3 Å². The fourth-order valence-corrected chi connectivity index (χ4v) is 2.83. The summed E-state index contributed by atoms with van der Waals surface area (Å²) >= 11 is 0. The van der Waals surface area contributed by atoms with Gasteiger partial charge in [0.25, 0.3) is 0 Å². The van der Waals surface area contributed by atoms with Crippen molar-refractivity contribution in [2.75, 3.05) is 31.6 Å². The van der Waals surface area contributed by atoms with E-state index in [0.29, 0.717) is 37.4 Å². The maximum absolute atomic E-state index is 12.2. The first kappa shape index (κ1) is 18.7. The van der Waals surface area contributed by atoms with Crippen molar-refractivity contribution in [2.24, 2.45) is 11.7 Å². The molecule has 0 bridgehead atoms. The summed E-state index contributed by atoms with van der Waals surface area (Å²) in [7, 11) is 0. The molecule has 1 aromatic rings. The van der Waals surface area contributed by atoms with Gasteiger partial charge in [0.05, 0.1) is 18.8 Å². The van der Waals surface area contributed by atoms with E-state index < -0.39 is 0 Å². The van der Waals surface area contributed by atoms with Crippen LogP contribution in [0.25, 0.3) is 0 Å². The van der Waals surface area contributed by atoms with Crippen LogP contribution >= 0.6 is 12.4 Å². The van der Waals surface area contributed by atoms with Gasteiger partial charge in [-0.25, -0.2) is 0 Å². The number of para-hydroxylation sites is 2. The third-order valence-corrected chi connectivity index (χ3v) is 3.93. The second-order valence-electron chi connectivity index (χ2n) is 5.59. The van der Waals surface area contributed by atoms with Gasteiger partial charge in [-0.15, -0.1) is 12.4 Å². The van der Waals surface area contributed by atoms with Crippen molar-refractivity contribution >= 4 is 24.0 Å². The monoisotopic (exact) mass is 327 g/mol. The standard InChI is InChI=1S/C16H25N3O2.ClH/c1-3-21-15-7-5-4-6-14(15)18-16(20)11-19-10-13(9-17)8-12(19)2;/h4-7,12-13H,3,8-11,17H2,1-2H3,(H,18,20);1H. The van der Waals surface area contributed by atoms with Crippen LogP contribution in [0.4, 0.5) is 5.69 Å². The number of nitrogens with two attached hydrogens (primary N) is 1. The Morgan fingerprint density at radius 1 is 1.45 bits per heavy atom. The van der Waals surface area contributed by atoms with Gasteiger partial charge in [-0.3, -0.25) is 9.69 Å². The molecule has 2 rings (SSSR count). The zero-order valence-electron chi connectivity index (χ0n) is 13.2. The molecule has 5 nitrogen and oxygen atoms in total. The Labute approximate surface area is 138 Å². The van der Waals surface area contributed by atoms with Crippen LogP contribution < -0.4 is 15.8 Å². The van der Waals surface area contributed by atoms with Crippen LogP contribution in [0.3, 0.4) is 0 Å². The third kappa shape index (κ3) is 4.87. The molecule has 0 aliphatic carbocycles. The molecule has 1 saturated heterocycles. The average Bonchev–Trinajstić information content (AvgIpc) is 2.82. The van der Waals surface area contributed by atoms with Crippen LogP contribution in [-0.2, 0) is 4.79 Å². The molecule has 0 spiro atoms. The van der Waals surface area contributed by atoms with Gasteiger partial charge in [0, 0.05) is 12.6 Å². The van der Waals surface area contributed by atoms with Gasteiger partial charge < -0.3 is 15.8 Å². The highest BCUT2D eigenvalue weighted by atomic mass is 35.5. The van der Waals surface area contributed by atoms with Crippen molar-refractivity contribution in [1.82, 2.24) is 4.90 Å². The zero-order chi connectivity index (χ0) is 15.2. The van der Waals surface area contributed by atoms with Crippen LogP contribution in [0, 0.1) is 5.92 Å². The number of rotatable bonds is 6. The molecule has 124 valence electrons. The second kappa shape index (κ2) is 8.98. The molecule has 0 radical (unpaired) electrons. The predicted molar refractivity (Wildman–Crippen MR) is 91.7 cm³/mol. The van der Waals surface area contributed by atoms with E-state index >= 15 is 0 Å². The normalized spacial score (nSPS) is 21.2. The second-order valence-corrected chi connectivity index (χ2v) is 5.59. The fraction of sp³-hybridized carbons (Fsp3) is 0.562. The number of hydrogen-bond donors (Lipinski definition) is 2.